The molecule has 1 N–H and O–H groups in total. The molecule has 0 saturated carbocycles. The van der Waals surface area contributed by atoms with E-state index in [1.54, 1.807) is 17.0 Å². The van der Waals surface area contributed by atoms with Crippen molar-refractivity contribution in [2.24, 2.45) is 0 Å². The van der Waals surface area contributed by atoms with Crippen LogP contribution in [-0.2, 0) is 11.2 Å². The molecule has 20 heavy (non-hydrogen) atoms. The van der Waals surface area contributed by atoms with Gasteiger partial charge in [0.2, 0.25) is 5.91 Å². The Kier molecular flexibility index (Phi) is 4.89. The number of likely N-dealkylation sites (tertiary alicyclic amines) is 1. The average Bonchev–Trinajstić information content (AvgIpc) is 2.89. The molecule has 2 rings (SSSR count). The maximum atomic E-state index is 12.1. The summed E-state index contributed by atoms with van der Waals surface area (Å²) >= 11 is 0. The van der Waals surface area contributed by atoms with Crippen molar-refractivity contribution in [2.45, 2.75) is 31.9 Å². The fourth-order valence-electron chi connectivity index (χ4n) is 2.42. The molecule has 1 amide bonds. The van der Waals surface area contributed by atoms with Crippen molar-refractivity contribution in [3.05, 3.63) is 29.8 Å². The van der Waals surface area contributed by atoms with Gasteiger partial charge in [-0.1, -0.05) is 12.1 Å². The van der Waals surface area contributed by atoms with Gasteiger partial charge in [-0.15, -0.1) is 0 Å². The van der Waals surface area contributed by atoms with Crippen LogP contribution in [0.5, 0.6) is 5.75 Å². The molecule has 1 fully saturated rings. The van der Waals surface area contributed by atoms with Gasteiger partial charge in [-0.3, -0.25) is 4.79 Å². The maximum Gasteiger partial charge on any atom is 0.387 e. The maximum absolute atomic E-state index is 12.1. The van der Waals surface area contributed by atoms with Crippen LogP contribution < -0.4 is 4.74 Å². The Morgan fingerprint density at radius 3 is 2.70 bits per heavy atom. The van der Waals surface area contributed by atoms with E-state index in [2.05, 4.69) is 4.74 Å². The molecular formula is C14H17F2NO3. The van der Waals surface area contributed by atoms with Crippen molar-refractivity contribution in [1.82, 2.24) is 4.90 Å². The number of carbonyl (C=O) groups is 1. The molecule has 4 nitrogen and oxygen atoms in total. The van der Waals surface area contributed by atoms with E-state index in [1.807, 2.05) is 0 Å². The highest BCUT2D eigenvalue weighted by atomic mass is 19.3. The van der Waals surface area contributed by atoms with Gasteiger partial charge in [0.25, 0.3) is 0 Å². The Labute approximate surface area is 116 Å². The Hall–Kier alpha value is -1.69. The van der Waals surface area contributed by atoms with Gasteiger partial charge in [-0.2, -0.15) is 8.78 Å². The molecule has 110 valence electrons. The predicted octanol–water partition coefficient (Wildman–Crippen LogP) is 1.81. The lowest BCUT2D eigenvalue weighted by Crippen LogP contribution is -2.38. The van der Waals surface area contributed by atoms with Crippen LogP contribution in [0.1, 0.15) is 18.4 Å². The van der Waals surface area contributed by atoms with Crippen molar-refractivity contribution in [3.8, 4) is 5.75 Å². The highest BCUT2D eigenvalue weighted by Crippen LogP contribution is 2.19. The molecule has 0 aliphatic carbocycles. The standard InChI is InChI=1S/C14H17F2NO3/c15-14(16)20-12-5-3-10(4-6-12)8-13(19)17-7-1-2-11(17)9-18/h3-6,11,14,18H,1-2,7-9H2/t11-/m0/s1. The first-order chi connectivity index (χ1) is 9.60. The van der Waals surface area contributed by atoms with Crippen LogP contribution in [-0.4, -0.2) is 41.7 Å². The first-order valence-corrected chi connectivity index (χ1v) is 6.54. The Balaban J connectivity index is 1.94. The second kappa shape index (κ2) is 6.65. The van der Waals surface area contributed by atoms with Crippen LogP contribution in [0.4, 0.5) is 8.78 Å². The second-order valence-corrected chi connectivity index (χ2v) is 4.76. The minimum atomic E-state index is -2.85. The summed E-state index contributed by atoms with van der Waals surface area (Å²) in [5.41, 5.74) is 0.736. The van der Waals surface area contributed by atoms with Gasteiger partial charge in [0.15, 0.2) is 0 Å². The predicted molar refractivity (Wildman–Crippen MR) is 68.6 cm³/mol. The van der Waals surface area contributed by atoms with Gasteiger partial charge in [0, 0.05) is 6.54 Å². The van der Waals surface area contributed by atoms with Crippen LogP contribution in [0.25, 0.3) is 0 Å². The van der Waals surface area contributed by atoms with Crippen molar-refractivity contribution in [3.63, 3.8) is 0 Å². The molecule has 1 heterocycles. The largest absolute Gasteiger partial charge is 0.435 e. The van der Waals surface area contributed by atoms with Crippen LogP contribution >= 0.6 is 0 Å². The summed E-state index contributed by atoms with van der Waals surface area (Å²) in [6.45, 7) is -2.21. The summed E-state index contributed by atoms with van der Waals surface area (Å²) < 4.78 is 28.3. The number of benzene rings is 1. The number of ether oxygens (including phenoxy) is 1. The molecular weight excluding hydrogens is 268 g/mol. The molecule has 0 bridgehead atoms. The smallest absolute Gasteiger partial charge is 0.387 e. The quantitative estimate of drug-likeness (QED) is 0.897. The summed E-state index contributed by atoms with van der Waals surface area (Å²) in [5, 5.41) is 9.19. The van der Waals surface area contributed by atoms with Gasteiger partial charge < -0.3 is 14.7 Å². The molecule has 6 heteroatoms. The van der Waals surface area contributed by atoms with Crippen molar-refractivity contribution < 1.29 is 23.4 Å². The molecule has 0 unspecified atom stereocenters. The minimum Gasteiger partial charge on any atom is -0.435 e. The first kappa shape index (κ1) is 14.7. The Bertz CT molecular complexity index is 450. The monoisotopic (exact) mass is 285 g/mol. The molecule has 0 spiro atoms. The molecule has 1 aliphatic heterocycles. The number of carbonyl (C=O) groups excluding carboxylic acids is 1. The number of nitrogens with zero attached hydrogens (tertiary/aromatic N) is 1. The lowest BCUT2D eigenvalue weighted by molar-refractivity contribution is -0.132. The number of halogens is 2. The number of aliphatic hydroxyl groups is 1. The third-order valence-electron chi connectivity index (χ3n) is 3.41. The summed E-state index contributed by atoms with van der Waals surface area (Å²) in [5.74, 6) is 0.0229. The van der Waals surface area contributed by atoms with Crippen LogP contribution in [0.2, 0.25) is 0 Å². The van der Waals surface area contributed by atoms with E-state index in [0.29, 0.717) is 6.54 Å². The van der Waals surface area contributed by atoms with Gasteiger partial charge in [-0.05, 0) is 30.5 Å². The fraction of sp³-hybridized carbons (Fsp3) is 0.500. The number of hydrogen-bond donors (Lipinski definition) is 1. The summed E-state index contributed by atoms with van der Waals surface area (Å²) in [6.07, 6.45) is 1.92. The third-order valence-corrected chi connectivity index (χ3v) is 3.41. The van der Waals surface area contributed by atoms with Crippen molar-refractivity contribution in [2.75, 3.05) is 13.2 Å². The number of aliphatic hydroxyl groups excluding tert-OH is 1. The topological polar surface area (TPSA) is 49.8 Å². The van der Waals surface area contributed by atoms with E-state index in [9.17, 15) is 18.7 Å². The number of rotatable bonds is 5. The SMILES string of the molecule is O=C(Cc1ccc(OC(F)F)cc1)N1CCC[C@H]1CO. The highest BCUT2D eigenvalue weighted by molar-refractivity contribution is 5.79. The molecule has 1 aliphatic rings. The van der Waals surface area contributed by atoms with E-state index in [-0.39, 0.29) is 30.7 Å². The fourth-order valence-corrected chi connectivity index (χ4v) is 2.42. The van der Waals surface area contributed by atoms with Gasteiger partial charge in [-0.25, -0.2) is 0 Å². The first-order valence-electron chi connectivity index (χ1n) is 6.54. The molecule has 1 atom stereocenters. The molecule has 0 radical (unpaired) electrons. The Morgan fingerprint density at radius 1 is 1.40 bits per heavy atom. The molecule has 1 saturated heterocycles. The lowest BCUT2D eigenvalue weighted by atomic mass is 10.1. The lowest BCUT2D eigenvalue weighted by Gasteiger charge is -2.23. The average molecular weight is 285 g/mol. The number of alkyl halides is 2. The summed E-state index contributed by atoms with van der Waals surface area (Å²) in [7, 11) is 0. The second-order valence-electron chi connectivity index (χ2n) is 4.76. The molecule has 1 aromatic carbocycles. The number of hydrogen-bond acceptors (Lipinski definition) is 3. The normalized spacial score (nSPS) is 18.6. The molecule has 1 aromatic rings. The van der Waals surface area contributed by atoms with E-state index < -0.39 is 6.61 Å². The van der Waals surface area contributed by atoms with Crippen molar-refractivity contribution in [1.29, 1.82) is 0 Å². The number of amides is 1. The minimum absolute atomic E-state index is 0.0209. The van der Waals surface area contributed by atoms with E-state index in [1.165, 1.54) is 12.1 Å². The van der Waals surface area contributed by atoms with Crippen LogP contribution in [0.3, 0.4) is 0 Å². The highest BCUT2D eigenvalue weighted by Gasteiger charge is 2.27. The van der Waals surface area contributed by atoms with Gasteiger partial charge >= 0.3 is 6.61 Å². The van der Waals surface area contributed by atoms with Crippen LogP contribution in [0, 0.1) is 0 Å². The van der Waals surface area contributed by atoms with E-state index >= 15 is 0 Å². The zero-order valence-electron chi connectivity index (χ0n) is 11.0. The van der Waals surface area contributed by atoms with Gasteiger partial charge in [0.1, 0.15) is 5.75 Å². The summed E-state index contributed by atoms with van der Waals surface area (Å²) in [6, 6.07) is 5.94. The molecule has 0 aromatic heterocycles. The Morgan fingerprint density at radius 2 is 2.10 bits per heavy atom. The third kappa shape index (κ3) is 3.66. The van der Waals surface area contributed by atoms with Crippen LogP contribution in [0.15, 0.2) is 24.3 Å². The van der Waals surface area contributed by atoms with E-state index in [0.717, 1.165) is 18.4 Å². The zero-order chi connectivity index (χ0) is 14.5. The van der Waals surface area contributed by atoms with Crippen molar-refractivity contribution >= 4 is 5.91 Å². The van der Waals surface area contributed by atoms with E-state index in [4.69, 9.17) is 0 Å². The summed E-state index contributed by atoms with van der Waals surface area (Å²) in [4.78, 5) is 13.8. The zero-order valence-corrected chi connectivity index (χ0v) is 11.0. The van der Waals surface area contributed by atoms with Gasteiger partial charge in [0.05, 0.1) is 19.1 Å².